The van der Waals surface area contributed by atoms with Crippen molar-refractivity contribution in [1.82, 2.24) is 10.2 Å². The molecule has 81 heavy (non-hydrogen) atoms. The van der Waals surface area contributed by atoms with Crippen LogP contribution in [0.5, 0.6) is 40.2 Å². The van der Waals surface area contributed by atoms with Gasteiger partial charge in [0.15, 0.2) is 35.0 Å². The predicted molar refractivity (Wildman–Crippen MR) is 303 cm³/mol. The van der Waals surface area contributed by atoms with E-state index >= 15 is 4.79 Å². The summed E-state index contributed by atoms with van der Waals surface area (Å²) in [4.78, 5) is 70.0. The van der Waals surface area contributed by atoms with Crippen molar-refractivity contribution in [3.63, 3.8) is 0 Å². The van der Waals surface area contributed by atoms with Crippen LogP contribution in [0.1, 0.15) is 84.8 Å². The maximum atomic E-state index is 15.2. The minimum Gasteiger partial charge on any atom is -0.507 e. The van der Waals surface area contributed by atoms with Gasteiger partial charge in [-0.05, 0) is 146 Å². The molecule has 422 valence electrons. The molecule has 2 amide bonds. The first kappa shape index (κ1) is 56.7. The highest BCUT2D eigenvalue weighted by molar-refractivity contribution is 6.04. The standard InChI is InChI=1S/C64H66N2O15/c1-74-52-28-22-38(30-54(52)75-2)21-27-51(81-64(73)49-20-11-12-29-66(49)63(72)59(39-14-7-6-8-15-39)42-32-55(76-3)62(78-5)56(33-42)77-4)41-17-13-18-44(31-41)79-37-57(69)65-36-48-50(68)26-25-47-60(45-19-10-9-16-40(45)34-58(70)71)46-24-23-43(67)35-53(46)80-61(47)48/h7,9-10,13-14,16-19,22-26,28,30-33,35,39,49,51,59,68H,6,8,11-12,15,20-21,27,29,34,36-37H2,1-5H3,(H,65,69)(H,70,71)/t39?,49-,51+,59-/m0/s1. The highest BCUT2D eigenvalue weighted by Gasteiger charge is 2.41. The molecular formula is C64H66N2O15. The van der Waals surface area contributed by atoms with Crippen LogP contribution >= 0.6 is 0 Å². The second kappa shape index (κ2) is 25.9. The second-order valence-electron chi connectivity index (χ2n) is 20.1. The number of carbonyl (C=O) groups excluding carboxylic acids is 3. The van der Waals surface area contributed by atoms with Gasteiger partial charge < -0.3 is 58.0 Å². The second-order valence-corrected chi connectivity index (χ2v) is 20.1. The van der Waals surface area contributed by atoms with Crippen molar-refractivity contribution in [3.05, 3.63) is 159 Å². The molecule has 2 heterocycles. The number of aromatic hydroxyl groups is 1. The Bertz CT molecular complexity index is 3470. The number of esters is 1. The topological polar surface area (TPSA) is 219 Å². The van der Waals surface area contributed by atoms with Crippen LogP contribution in [-0.4, -0.2) is 93.6 Å². The molecule has 0 radical (unpaired) electrons. The van der Waals surface area contributed by atoms with Crippen molar-refractivity contribution in [2.75, 3.05) is 48.7 Å². The van der Waals surface area contributed by atoms with Gasteiger partial charge in [-0.3, -0.25) is 19.2 Å². The van der Waals surface area contributed by atoms with Gasteiger partial charge in [0.05, 0.1) is 60.0 Å². The molecule has 0 spiro atoms. The summed E-state index contributed by atoms with van der Waals surface area (Å²) in [6.07, 6.45) is 8.29. The number of likely N-dealkylation sites (tertiary alicyclic amines) is 1. The summed E-state index contributed by atoms with van der Waals surface area (Å²) in [6.45, 7) is -0.292. The predicted octanol–water partition coefficient (Wildman–Crippen LogP) is 10.4. The Morgan fingerprint density at radius 1 is 0.753 bits per heavy atom. The van der Waals surface area contributed by atoms with Gasteiger partial charge in [0.25, 0.3) is 5.91 Å². The number of carboxylic acids is 1. The van der Waals surface area contributed by atoms with Gasteiger partial charge in [-0.25, -0.2) is 4.79 Å². The highest BCUT2D eigenvalue weighted by atomic mass is 16.5. The fourth-order valence-electron chi connectivity index (χ4n) is 11.1. The molecule has 1 unspecified atom stereocenters. The van der Waals surface area contributed by atoms with E-state index in [-0.39, 0.29) is 52.9 Å². The number of aliphatic carboxylic acids is 1. The number of carboxylic acid groups (broad SMARTS) is 1. The normalized spacial score (nSPS) is 15.8. The third-order valence-corrected chi connectivity index (χ3v) is 15.1. The summed E-state index contributed by atoms with van der Waals surface area (Å²) < 4.78 is 47.1. The van der Waals surface area contributed by atoms with E-state index in [4.69, 9.17) is 37.6 Å². The number of nitrogens with zero attached hydrogens (tertiary/aromatic N) is 1. The fraction of sp³-hybridized carbons (Fsp3) is 0.328. The number of aryl methyl sites for hydroxylation is 1. The summed E-state index contributed by atoms with van der Waals surface area (Å²) in [5.41, 5.74) is 4.57. The Hall–Kier alpha value is -8.99. The zero-order chi connectivity index (χ0) is 57.2. The zero-order valence-electron chi connectivity index (χ0n) is 46.0. The monoisotopic (exact) mass is 1100 g/mol. The smallest absolute Gasteiger partial charge is 0.329 e. The van der Waals surface area contributed by atoms with E-state index in [1.807, 2.05) is 36.4 Å². The molecule has 2 aliphatic heterocycles. The van der Waals surface area contributed by atoms with Crippen molar-refractivity contribution >= 4 is 34.7 Å². The lowest BCUT2D eigenvalue weighted by atomic mass is 9.78. The molecule has 0 bridgehead atoms. The number of ether oxygens (including phenoxy) is 7. The Morgan fingerprint density at radius 3 is 2.26 bits per heavy atom. The molecule has 17 heteroatoms. The number of rotatable bonds is 22. The Balaban J connectivity index is 0.965. The van der Waals surface area contributed by atoms with Gasteiger partial charge in [0.2, 0.25) is 11.7 Å². The number of fused-ring (bicyclic) bond motifs is 2. The maximum Gasteiger partial charge on any atom is 0.329 e. The van der Waals surface area contributed by atoms with Crippen LogP contribution in [0.4, 0.5) is 0 Å². The number of allylic oxidation sites excluding steroid dienone is 2. The molecular weight excluding hydrogens is 1040 g/mol. The Kier molecular flexibility index (Phi) is 18.1. The number of nitrogens with one attached hydrogen (secondary N) is 1. The molecule has 1 saturated heterocycles. The summed E-state index contributed by atoms with van der Waals surface area (Å²) in [5, 5.41) is 24.3. The van der Waals surface area contributed by atoms with Crippen molar-refractivity contribution in [1.29, 1.82) is 0 Å². The van der Waals surface area contributed by atoms with Crippen LogP contribution in [0.2, 0.25) is 0 Å². The molecule has 2 aliphatic carbocycles. The first-order valence-electron chi connectivity index (χ1n) is 27.0. The molecule has 4 atom stereocenters. The lowest BCUT2D eigenvalue weighted by Gasteiger charge is -2.39. The molecule has 9 rings (SSSR count). The minimum absolute atomic E-state index is 0.155. The van der Waals surface area contributed by atoms with E-state index in [9.17, 15) is 29.4 Å². The molecule has 3 N–H and O–H groups in total. The number of hydrogen-bond donors (Lipinski definition) is 3. The highest BCUT2D eigenvalue weighted by Crippen LogP contribution is 2.46. The van der Waals surface area contributed by atoms with Crippen molar-refractivity contribution in [2.24, 2.45) is 5.92 Å². The average Bonchev–Trinajstić information content (AvgIpc) is 3.57. The minimum atomic E-state index is -1.02. The molecule has 17 nitrogen and oxygen atoms in total. The number of benzene rings is 6. The number of piperidine rings is 1. The molecule has 5 aromatic carbocycles. The summed E-state index contributed by atoms with van der Waals surface area (Å²) in [6, 6.07) is 29.8. The number of phenols is 1. The van der Waals surface area contributed by atoms with Crippen LogP contribution in [-0.2, 0) is 43.3 Å². The molecule has 4 aliphatic rings. The molecule has 0 aromatic heterocycles. The summed E-state index contributed by atoms with van der Waals surface area (Å²) in [5.74, 6) is -0.425. The van der Waals surface area contributed by atoms with E-state index in [0.717, 1.165) is 24.8 Å². The molecule has 0 saturated carbocycles. The SMILES string of the molecule is COc1ccc(CC[C@@H](OC(=O)[C@@H]2CCCCN2C(=O)[C@H](c2cc(OC)c(OC)c(OC)c2)C2C=CCCC2)c2cccc(OCC(=O)NCc3c(O)ccc4c(-c5ccccc5CC(=O)O)c5ccc(=O)cc-5oc34)c2)cc1OC. The molecule has 1 fully saturated rings. The lowest BCUT2D eigenvalue weighted by molar-refractivity contribution is -0.163. The number of carbonyl (C=O) groups is 4. The average molecular weight is 1100 g/mol. The van der Waals surface area contributed by atoms with Crippen molar-refractivity contribution in [2.45, 2.75) is 82.4 Å². The van der Waals surface area contributed by atoms with Gasteiger partial charge in [-0.2, -0.15) is 0 Å². The van der Waals surface area contributed by atoms with Crippen molar-refractivity contribution in [3.8, 4) is 62.7 Å². The first-order chi connectivity index (χ1) is 39.3. The number of hydrogen-bond acceptors (Lipinski definition) is 14. The van der Waals surface area contributed by atoms with Crippen LogP contribution in [0.15, 0.2) is 131 Å². The van der Waals surface area contributed by atoms with Crippen LogP contribution in [0.3, 0.4) is 0 Å². The Morgan fingerprint density at radius 2 is 1.53 bits per heavy atom. The molecule has 5 aromatic rings. The maximum absolute atomic E-state index is 15.2. The van der Waals surface area contributed by atoms with Gasteiger partial charge >= 0.3 is 11.9 Å². The van der Waals surface area contributed by atoms with Crippen LogP contribution in [0, 0.1) is 5.92 Å². The van der Waals surface area contributed by atoms with E-state index < -0.39 is 42.5 Å². The largest absolute Gasteiger partial charge is 0.507 e. The van der Waals surface area contributed by atoms with Crippen LogP contribution in [0.25, 0.3) is 33.4 Å². The number of amides is 2. The van der Waals surface area contributed by atoms with Crippen LogP contribution < -0.4 is 39.2 Å². The third kappa shape index (κ3) is 12.7. The van der Waals surface area contributed by atoms with E-state index in [2.05, 4.69) is 17.5 Å². The quantitative estimate of drug-likeness (QED) is 0.0327. The van der Waals surface area contributed by atoms with Gasteiger partial charge in [0.1, 0.15) is 35.0 Å². The van der Waals surface area contributed by atoms with Gasteiger partial charge in [-0.1, -0.05) is 54.6 Å². The van der Waals surface area contributed by atoms with E-state index in [1.165, 1.54) is 39.5 Å². The third-order valence-electron chi connectivity index (χ3n) is 15.1. The van der Waals surface area contributed by atoms with E-state index in [1.54, 1.807) is 73.7 Å². The van der Waals surface area contributed by atoms with Crippen molar-refractivity contribution < 1.29 is 67.0 Å². The van der Waals surface area contributed by atoms with E-state index in [0.29, 0.717) is 112 Å². The number of phenolic OH excluding ortho intramolecular Hbond substituents is 1. The zero-order valence-corrected chi connectivity index (χ0v) is 46.0. The fourth-order valence-corrected chi connectivity index (χ4v) is 11.1. The summed E-state index contributed by atoms with van der Waals surface area (Å²) >= 11 is 0. The lowest BCUT2D eigenvalue weighted by Crippen LogP contribution is -2.51. The number of methoxy groups -OCH3 is 5. The Labute approximate surface area is 469 Å². The van der Waals surface area contributed by atoms with Gasteiger partial charge in [-0.15, -0.1) is 0 Å². The first-order valence-corrected chi connectivity index (χ1v) is 27.0. The van der Waals surface area contributed by atoms with Gasteiger partial charge in [0, 0.05) is 29.1 Å². The summed E-state index contributed by atoms with van der Waals surface area (Å²) in [7, 11) is 7.73.